The summed E-state index contributed by atoms with van der Waals surface area (Å²) < 4.78 is 33.4. The first kappa shape index (κ1) is 17.3. The second kappa shape index (κ2) is 6.76. The number of sulfonamides is 1. The molecule has 2 aromatic rings. The Kier molecular flexibility index (Phi) is 4.67. The Bertz CT molecular complexity index is 909. The number of carbonyl (C=O) groups is 1. The van der Waals surface area contributed by atoms with Crippen LogP contribution < -0.4 is 14.4 Å². The predicted octanol–water partition coefficient (Wildman–Crippen LogP) is 2.80. The van der Waals surface area contributed by atoms with E-state index in [-0.39, 0.29) is 17.2 Å². The summed E-state index contributed by atoms with van der Waals surface area (Å²) in [5, 5.41) is 0. The largest absolute Gasteiger partial charge is 0.492 e. The van der Waals surface area contributed by atoms with Crippen LogP contribution in [0.2, 0.25) is 0 Å². The van der Waals surface area contributed by atoms with Crippen LogP contribution in [-0.4, -0.2) is 27.5 Å². The lowest BCUT2D eigenvalue weighted by Gasteiger charge is -2.16. The molecule has 0 aliphatic carbocycles. The fourth-order valence-corrected chi connectivity index (χ4v) is 4.15. The quantitative estimate of drug-likeness (QED) is 0.859. The molecule has 0 aromatic heterocycles. The summed E-state index contributed by atoms with van der Waals surface area (Å²) in [5.41, 5.74) is 2.09. The van der Waals surface area contributed by atoms with Crippen LogP contribution in [0.1, 0.15) is 19.4 Å². The molecule has 1 aliphatic heterocycles. The van der Waals surface area contributed by atoms with Gasteiger partial charge in [-0.25, -0.2) is 8.42 Å². The molecule has 6 nitrogen and oxygen atoms in total. The highest BCUT2D eigenvalue weighted by Gasteiger charge is 2.27. The Morgan fingerprint density at radius 1 is 1.16 bits per heavy atom. The van der Waals surface area contributed by atoms with Gasteiger partial charge < -0.3 is 9.64 Å². The first-order valence-corrected chi connectivity index (χ1v) is 9.62. The first-order valence-electron chi connectivity index (χ1n) is 8.14. The minimum atomic E-state index is -3.79. The molecule has 0 saturated heterocycles. The summed E-state index contributed by atoms with van der Waals surface area (Å²) in [5.74, 6) is 0.338. The van der Waals surface area contributed by atoms with E-state index in [0.29, 0.717) is 24.6 Å². The summed E-state index contributed by atoms with van der Waals surface area (Å²) in [7, 11) is -3.79. The van der Waals surface area contributed by atoms with E-state index in [0.717, 1.165) is 11.3 Å². The Balaban J connectivity index is 1.91. The van der Waals surface area contributed by atoms with Gasteiger partial charge in [-0.2, -0.15) is 0 Å². The van der Waals surface area contributed by atoms with Gasteiger partial charge in [-0.15, -0.1) is 0 Å². The molecule has 0 spiro atoms. The van der Waals surface area contributed by atoms with Crippen molar-refractivity contribution >= 4 is 27.3 Å². The summed E-state index contributed by atoms with van der Waals surface area (Å²) in [6.45, 7) is 4.68. The Labute approximate surface area is 147 Å². The van der Waals surface area contributed by atoms with Gasteiger partial charge in [0.25, 0.3) is 10.0 Å². The molecular weight excluding hydrogens is 340 g/mol. The van der Waals surface area contributed by atoms with Crippen molar-refractivity contribution in [1.29, 1.82) is 0 Å². The molecule has 0 atom stereocenters. The monoisotopic (exact) mass is 360 g/mol. The van der Waals surface area contributed by atoms with Crippen LogP contribution in [0.25, 0.3) is 0 Å². The highest BCUT2D eigenvalue weighted by atomic mass is 32.2. The average molecular weight is 360 g/mol. The molecular formula is C18H20N2O4S. The molecule has 0 bridgehead atoms. The molecule has 1 N–H and O–H groups in total. The maximum Gasteiger partial charge on any atom is 0.265 e. The number of fused-ring (bicyclic) bond motifs is 1. The number of nitrogens with zero attached hydrogens (tertiary/aromatic N) is 1. The van der Waals surface area contributed by atoms with Gasteiger partial charge in [-0.3, -0.25) is 9.52 Å². The zero-order chi connectivity index (χ0) is 18.0. The molecule has 3 rings (SSSR count). The summed E-state index contributed by atoms with van der Waals surface area (Å²) in [4.78, 5) is 13.7. The van der Waals surface area contributed by atoms with Gasteiger partial charge in [0.1, 0.15) is 10.6 Å². The van der Waals surface area contributed by atoms with Gasteiger partial charge in [-0.05, 0) is 49.7 Å². The van der Waals surface area contributed by atoms with Gasteiger partial charge >= 0.3 is 0 Å². The molecule has 1 aliphatic rings. The van der Waals surface area contributed by atoms with Crippen LogP contribution in [0.3, 0.4) is 0 Å². The fraction of sp³-hybridized carbons (Fsp3) is 0.278. The van der Waals surface area contributed by atoms with Crippen molar-refractivity contribution in [2.45, 2.75) is 25.2 Å². The number of anilines is 2. The van der Waals surface area contributed by atoms with Gasteiger partial charge in [0.2, 0.25) is 5.91 Å². The molecule has 0 saturated carbocycles. The van der Waals surface area contributed by atoms with Gasteiger partial charge in [-0.1, -0.05) is 12.1 Å². The molecule has 25 heavy (non-hydrogen) atoms. The normalized spacial score (nSPS) is 13.7. The zero-order valence-electron chi connectivity index (χ0n) is 14.2. The summed E-state index contributed by atoms with van der Waals surface area (Å²) in [6, 6.07) is 11.7. The van der Waals surface area contributed by atoms with Crippen molar-refractivity contribution in [3.8, 4) is 5.75 Å². The third kappa shape index (κ3) is 3.32. The number of nitrogens with one attached hydrogen (secondary N) is 1. The summed E-state index contributed by atoms with van der Waals surface area (Å²) in [6.07, 6.45) is 0.286. The molecule has 132 valence electrons. The molecule has 0 radical (unpaired) electrons. The van der Waals surface area contributed by atoms with Crippen molar-refractivity contribution in [3.63, 3.8) is 0 Å². The standard InChI is InChI=1S/C18H20N2O4S/c1-3-20-15-10-9-14(11-13(15)12-18(20)21)19-25(22,23)17-8-6-5-7-16(17)24-4-2/h5-11,19H,3-4,12H2,1-2H3. The van der Waals surface area contributed by atoms with Crippen LogP contribution in [-0.2, 0) is 21.2 Å². The number of para-hydroxylation sites is 1. The third-order valence-electron chi connectivity index (χ3n) is 4.02. The van der Waals surface area contributed by atoms with Gasteiger partial charge in [0, 0.05) is 17.9 Å². The van der Waals surface area contributed by atoms with Crippen LogP contribution in [0.5, 0.6) is 5.75 Å². The topological polar surface area (TPSA) is 75.7 Å². The molecule has 0 unspecified atom stereocenters. The summed E-state index contributed by atoms with van der Waals surface area (Å²) >= 11 is 0. The van der Waals surface area contributed by atoms with Crippen LogP contribution in [0.15, 0.2) is 47.4 Å². The smallest absolute Gasteiger partial charge is 0.265 e. The van der Waals surface area contributed by atoms with E-state index >= 15 is 0 Å². The number of amides is 1. The van der Waals surface area contributed by atoms with Gasteiger partial charge in [0.05, 0.1) is 13.0 Å². The Morgan fingerprint density at radius 3 is 2.64 bits per heavy atom. The lowest BCUT2D eigenvalue weighted by molar-refractivity contribution is -0.117. The van der Waals surface area contributed by atoms with Crippen molar-refractivity contribution in [2.24, 2.45) is 0 Å². The highest BCUT2D eigenvalue weighted by molar-refractivity contribution is 7.92. The van der Waals surface area contributed by atoms with E-state index in [4.69, 9.17) is 4.74 Å². The first-order chi connectivity index (χ1) is 12.0. The average Bonchev–Trinajstić information content (AvgIpc) is 2.89. The lowest BCUT2D eigenvalue weighted by atomic mass is 10.1. The zero-order valence-corrected chi connectivity index (χ0v) is 15.0. The molecule has 7 heteroatoms. The number of rotatable bonds is 6. The minimum Gasteiger partial charge on any atom is -0.492 e. The molecule has 2 aromatic carbocycles. The van der Waals surface area contributed by atoms with E-state index in [1.165, 1.54) is 6.07 Å². The predicted molar refractivity (Wildman–Crippen MR) is 96.6 cm³/mol. The Morgan fingerprint density at radius 2 is 1.92 bits per heavy atom. The maximum absolute atomic E-state index is 12.7. The van der Waals surface area contributed by atoms with Crippen LogP contribution in [0, 0.1) is 0 Å². The van der Waals surface area contributed by atoms with Crippen LogP contribution >= 0.6 is 0 Å². The fourth-order valence-electron chi connectivity index (χ4n) is 2.95. The Hall–Kier alpha value is -2.54. The van der Waals surface area contributed by atoms with Crippen LogP contribution in [0.4, 0.5) is 11.4 Å². The SMILES string of the molecule is CCOc1ccccc1S(=O)(=O)Nc1ccc2c(c1)CC(=O)N2CC. The van der Waals surface area contributed by atoms with E-state index in [9.17, 15) is 13.2 Å². The second-order valence-electron chi connectivity index (χ2n) is 5.64. The second-order valence-corrected chi connectivity index (χ2v) is 7.29. The number of carbonyl (C=O) groups excluding carboxylic acids is 1. The molecule has 0 fully saturated rings. The number of hydrogen-bond donors (Lipinski definition) is 1. The minimum absolute atomic E-state index is 0.0270. The number of ether oxygens (including phenoxy) is 1. The van der Waals surface area contributed by atoms with E-state index in [1.54, 1.807) is 48.2 Å². The highest BCUT2D eigenvalue weighted by Crippen LogP contribution is 2.32. The molecule has 1 amide bonds. The van der Waals surface area contributed by atoms with Crippen molar-refractivity contribution in [3.05, 3.63) is 48.0 Å². The van der Waals surface area contributed by atoms with Crippen molar-refractivity contribution < 1.29 is 17.9 Å². The number of hydrogen-bond acceptors (Lipinski definition) is 4. The van der Waals surface area contributed by atoms with E-state index < -0.39 is 10.0 Å². The molecule has 1 heterocycles. The van der Waals surface area contributed by atoms with Crippen molar-refractivity contribution in [2.75, 3.05) is 22.8 Å². The maximum atomic E-state index is 12.7. The van der Waals surface area contributed by atoms with Crippen molar-refractivity contribution in [1.82, 2.24) is 0 Å². The number of benzene rings is 2. The van der Waals surface area contributed by atoms with E-state index in [1.807, 2.05) is 6.92 Å². The number of likely N-dealkylation sites (N-methyl/N-ethyl adjacent to an activating group) is 1. The lowest BCUT2D eigenvalue weighted by Crippen LogP contribution is -2.25. The van der Waals surface area contributed by atoms with E-state index in [2.05, 4.69) is 4.72 Å². The van der Waals surface area contributed by atoms with Gasteiger partial charge in [0.15, 0.2) is 0 Å². The third-order valence-corrected chi connectivity index (χ3v) is 5.44.